The average molecular weight is 517 g/mol. The molecule has 4 rings (SSSR count). The van der Waals surface area contributed by atoms with Crippen LogP contribution in [0.2, 0.25) is 0 Å². The van der Waals surface area contributed by atoms with Crippen LogP contribution in [0.4, 0.5) is 26.3 Å². The molecule has 36 heavy (non-hydrogen) atoms. The first kappa shape index (κ1) is 26.8. The molecular weight excluding hydrogens is 486 g/mol. The first-order valence-corrected chi connectivity index (χ1v) is 12.4. The molecule has 0 bridgehead atoms. The molecule has 1 aliphatic carbocycles. The second-order valence-corrected chi connectivity index (χ2v) is 9.66. The number of hydrogen-bond acceptors (Lipinski definition) is 3. The Balaban J connectivity index is 1.36. The highest BCUT2D eigenvalue weighted by Gasteiger charge is 2.45. The van der Waals surface area contributed by atoms with Gasteiger partial charge in [0.05, 0.1) is 13.2 Å². The third kappa shape index (κ3) is 6.17. The van der Waals surface area contributed by atoms with Crippen LogP contribution in [0.15, 0.2) is 36.4 Å². The molecule has 2 aliphatic rings. The minimum atomic E-state index is -5.00. The largest absolute Gasteiger partial charge is 0.461 e. The highest BCUT2D eigenvalue weighted by Crippen LogP contribution is 2.40. The van der Waals surface area contributed by atoms with Crippen LogP contribution >= 0.6 is 0 Å². The van der Waals surface area contributed by atoms with E-state index in [1.54, 1.807) is 12.1 Å². The van der Waals surface area contributed by atoms with E-state index >= 15 is 0 Å². The van der Waals surface area contributed by atoms with Crippen LogP contribution in [0, 0.1) is 23.5 Å². The third-order valence-corrected chi connectivity index (χ3v) is 7.05. The molecule has 0 radical (unpaired) electrons. The Hall–Kier alpha value is -2.26. The lowest BCUT2D eigenvalue weighted by Gasteiger charge is -2.37. The summed E-state index contributed by atoms with van der Waals surface area (Å²) < 4.78 is 94.9. The molecule has 1 saturated carbocycles. The molecule has 9 heteroatoms. The molecule has 1 heterocycles. The summed E-state index contributed by atoms with van der Waals surface area (Å²) in [6.07, 6.45) is -3.22. The van der Waals surface area contributed by atoms with Gasteiger partial charge in [-0.25, -0.2) is 8.78 Å². The summed E-state index contributed by atoms with van der Waals surface area (Å²) in [6.45, 7) is 3.66. The monoisotopic (exact) mass is 516 g/mol. The van der Waals surface area contributed by atoms with E-state index in [4.69, 9.17) is 9.47 Å². The Morgan fingerprint density at radius 1 is 0.917 bits per heavy atom. The Bertz CT molecular complexity index is 974. The van der Waals surface area contributed by atoms with E-state index in [0.29, 0.717) is 23.3 Å². The molecule has 198 valence electrons. The topological polar surface area (TPSA) is 27.7 Å². The van der Waals surface area contributed by atoms with Crippen LogP contribution in [-0.4, -0.2) is 32.0 Å². The van der Waals surface area contributed by atoms with Crippen LogP contribution in [0.25, 0.3) is 11.1 Å². The normalized spacial score (nSPS) is 25.2. The van der Waals surface area contributed by atoms with Gasteiger partial charge in [-0.3, -0.25) is 0 Å². The summed E-state index contributed by atoms with van der Waals surface area (Å²) >= 11 is 0. The van der Waals surface area contributed by atoms with Crippen molar-refractivity contribution >= 4 is 0 Å². The van der Waals surface area contributed by atoms with Gasteiger partial charge >= 0.3 is 12.5 Å². The summed E-state index contributed by atoms with van der Waals surface area (Å²) in [6, 6.07) is 8.74. The zero-order valence-corrected chi connectivity index (χ0v) is 20.0. The Morgan fingerprint density at radius 2 is 1.50 bits per heavy atom. The Labute approximate surface area is 206 Å². The molecule has 2 aromatic rings. The molecule has 0 spiro atoms. The van der Waals surface area contributed by atoms with Gasteiger partial charge in [0.15, 0.2) is 23.7 Å². The minimum Gasteiger partial charge on any atom is -0.422 e. The van der Waals surface area contributed by atoms with Gasteiger partial charge in [0.1, 0.15) is 0 Å². The molecule has 2 aromatic carbocycles. The maximum absolute atomic E-state index is 14.2. The van der Waals surface area contributed by atoms with E-state index in [-0.39, 0.29) is 11.9 Å². The van der Waals surface area contributed by atoms with Crippen LogP contribution in [0.1, 0.15) is 56.9 Å². The quantitative estimate of drug-likeness (QED) is 0.334. The first-order chi connectivity index (χ1) is 17.2. The molecule has 0 atom stereocenters. The standard InChI is InChI=1S/C27H30F6O3/c1-2-3-16-14-34-25(35-15-16)20-10-8-18(9-11-20)17-4-6-19(7-5-17)21-12-22(28)24(23(29)13-21)36-27(32,33)26(30)31/h4-7,12-13,16,18,20,25-26H,2-3,8-11,14-15H2,1H3. The summed E-state index contributed by atoms with van der Waals surface area (Å²) in [5.74, 6) is -3.32. The van der Waals surface area contributed by atoms with Crippen LogP contribution in [-0.2, 0) is 9.47 Å². The van der Waals surface area contributed by atoms with Gasteiger partial charge in [-0.2, -0.15) is 17.6 Å². The fourth-order valence-electron chi connectivity index (χ4n) is 5.08. The van der Waals surface area contributed by atoms with Gasteiger partial charge in [-0.1, -0.05) is 37.6 Å². The SMILES string of the molecule is CCCC1COC(C2CCC(c3ccc(-c4cc(F)c(OC(F)(F)C(F)F)c(F)c4)cc3)CC2)OC1. The summed E-state index contributed by atoms with van der Waals surface area (Å²) in [4.78, 5) is 0. The molecular formula is C27H30F6O3. The van der Waals surface area contributed by atoms with Gasteiger partial charge in [0.2, 0.25) is 0 Å². The van der Waals surface area contributed by atoms with Crippen molar-refractivity contribution in [1.29, 1.82) is 0 Å². The summed E-state index contributed by atoms with van der Waals surface area (Å²) in [5.41, 5.74) is 1.65. The lowest BCUT2D eigenvalue weighted by Crippen LogP contribution is -2.38. The number of rotatable bonds is 8. The van der Waals surface area contributed by atoms with Gasteiger partial charge < -0.3 is 14.2 Å². The predicted octanol–water partition coefficient (Wildman–Crippen LogP) is 7.93. The molecule has 3 nitrogen and oxygen atoms in total. The van der Waals surface area contributed by atoms with Gasteiger partial charge in [-0.05, 0) is 66.8 Å². The van der Waals surface area contributed by atoms with Crippen LogP contribution in [0.3, 0.4) is 0 Å². The Morgan fingerprint density at radius 3 is 2.03 bits per heavy atom. The van der Waals surface area contributed by atoms with Gasteiger partial charge in [0, 0.05) is 11.8 Å². The molecule has 0 amide bonds. The fourth-order valence-corrected chi connectivity index (χ4v) is 5.08. The van der Waals surface area contributed by atoms with Gasteiger partial charge in [-0.15, -0.1) is 0 Å². The number of alkyl halides is 4. The zero-order valence-electron chi connectivity index (χ0n) is 20.0. The van der Waals surface area contributed by atoms with Crippen molar-refractivity contribution < 1.29 is 40.6 Å². The number of benzene rings is 2. The van der Waals surface area contributed by atoms with E-state index in [1.807, 2.05) is 12.1 Å². The van der Waals surface area contributed by atoms with E-state index in [2.05, 4.69) is 11.7 Å². The smallest absolute Gasteiger partial charge is 0.422 e. The van der Waals surface area contributed by atoms with Crippen LogP contribution in [0.5, 0.6) is 5.75 Å². The molecule has 1 saturated heterocycles. The van der Waals surface area contributed by atoms with Crippen molar-refractivity contribution in [2.24, 2.45) is 11.8 Å². The van der Waals surface area contributed by atoms with Crippen molar-refractivity contribution in [2.75, 3.05) is 13.2 Å². The van der Waals surface area contributed by atoms with E-state index in [0.717, 1.165) is 69.4 Å². The van der Waals surface area contributed by atoms with Gasteiger partial charge in [0.25, 0.3) is 0 Å². The molecule has 1 aliphatic heterocycles. The van der Waals surface area contributed by atoms with Crippen molar-refractivity contribution in [1.82, 2.24) is 0 Å². The van der Waals surface area contributed by atoms with Crippen molar-refractivity contribution in [3.63, 3.8) is 0 Å². The minimum absolute atomic E-state index is 0.0842. The van der Waals surface area contributed by atoms with Crippen molar-refractivity contribution in [3.8, 4) is 16.9 Å². The first-order valence-electron chi connectivity index (χ1n) is 12.4. The molecule has 0 aromatic heterocycles. The molecule has 2 fully saturated rings. The second kappa shape index (κ2) is 11.4. The lowest BCUT2D eigenvalue weighted by molar-refractivity contribution is -0.255. The van der Waals surface area contributed by atoms with Crippen LogP contribution < -0.4 is 4.74 Å². The maximum Gasteiger partial charge on any atom is 0.461 e. The van der Waals surface area contributed by atoms with E-state index < -0.39 is 29.9 Å². The summed E-state index contributed by atoms with van der Waals surface area (Å²) in [7, 11) is 0. The average Bonchev–Trinajstić information content (AvgIpc) is 2.87. The third-order valence-electron chi connectivity index (χ3n) is 7.05. The Kier molecular flexibility index (Phi) is 8.50. The molecule has 0 N–H and O–H groups in total. The molecule has 0 unspecified atom stereocenters. The number of ether oxygens (including phenoxy) is 3. The van der Waals surface area contributed by atoms with E-state index in [1.165, 1.54) is 0 Å². The number of halogens is 6. The zero-order chi connectivity index (χ0) is 25.9. The predicted molar refractivity (Wildman–Crippen MR) is 122 cm³/mol. The lowest BCUT2D eigenvalue weighted by atomic mass is 9.78. The maximum atomic E-state index is 14.2. The summed E-state index contributed by atoms with van der Waals surface area (Å²) in [5, 5.41) is 0. The van der Waals surface area contributed by atoms with Crippen molar-refractivity contribution in [2.45, 2.75) is 70.2 Å². The van der Waals surface area contributed by atoms with Crippen molar-refractivity contribution in [3.05, 3.63) is 53.6 Å². The fraction of sp³-hybridized carbons (Fsp3) is 0.556. The second-order valence-electron chi connectivity index (χ2n) is 9.66. The van der Waals surface area contributed by atoms with E-state index in [9.17, 15) is 26.3 Å². The highest BCUT2D eigenvalue weighted by molar-refractivity contribution is 5.65. The highest BCUT2D eigenvalue weighted by atomic mass is 19.3. The number of hydrogen-bond donors (Lipinski definition) is 0.